The Morgan fingerprint density at radius 3 is 2.27 bits per heavy atom. The molecule has 1 aliphatic heterocycles. The summed E-state index contributed by atoms with van der Waals surface area (Å²) < 4.78 is 28.0. The fourth-order valence-corrected chi connectivity index (χ4v) is 4.51. The minimum absolute atomic E-state index is 0.0881. The van der Waals surface area contributed by atoms with E-state index < -0.39 is 6.10 Å². The maximum atomic E-state index is 14.6. The first-order chi connectivity index (χ1) is 15.9. The summed E-state index contributed by atoms with van der Waals surface area (Å²) in [5, 5.41) is 9.66. The Hall–Kier alpha value is -2.90. The Labute approximate surface area is 196 Å². The molecule has 0 spiro atoms. The van der Waals surface area contributed by atoms with Gasteiger partial charge in [0.15, 0.2) is 0 Å². The van der Waals surface area contributed by atoms with Gasteiger partial charge in [-0.1, -0.05) is 24.3 Å². The molecule has 172 valence electrons. The average Bonchev–Trinajstić information content (AvgIpc) is 2.84. The van der Waals surface area contributed by atoms with Crippen molar-refractivity contribution < 1.29 is 18.7 Å². The second-order valence-corrected chi connectivity index (χ2v) is 8.96. The average molecular weight is 469 g/mol. The van der Waals surface area contributed by atoms with Crippen LogP contribution in [0.3, 0.4) is 0 Å². The molecule has 33 heavy (non-hydrogen) atoms. The van der Waals surface area contributed by atoms with Crippen LogP contribution in [0.5, 0.6) is 0 Å². The monoisotopic (exact) mass is 468 g/mol. The van der Waals surface area contributed by atoms with Crippen molar-refractivity contribution in [1.82, 2.24) is 4.90 Å². The topological polar surface area (TPSA) is 43.8 Å². The van der Waals surface area contributed by atoms with Crippen LogP contribution in [0.25, 0.3) is 11.1 Å². The van der Waals surface area contributed by atoms with Crippen molar-refractivity contribution in [3.8, 4) is 11.1 Å². The molecule has 0 aliphatic carbocycles. The summed E-state index contributed by atoms with van der Waals surface area (Å²) in [4.78, 5) is 18.2. The number of benzene rings is 3. The number of hydrogen-bond donors (Lipinski definition) is 1. The van der Waals surface area contributed by atoms with Gasteiger partial charge in [0.1, 0.15) is 11.6 Å². The largest absolute Gasteiger partial charge is 0.389 e. The highest BCUT2D eigenvalue weighted by Gasteiger charge is 2.26. The lowest BCUT2D eigenvalue weighted by Gasteiger charge is -2.36. The summed E-state index contributed by atoms with van der Waals surface area (Å²) in [6.45, 7) is 3.53. The van der Waals surface area contributed by atoms with E-state index in [9.17, 15) is 18.7 Å². The number of piperazine rings is 1. The smallest absolute Gasteiger partial charge is 0.254 e. The third-order valence-corrected chi connectivity index (χ3v) is 6.70. The van der Waals surface area contributed by atoms with Crippen LogP contribution in [-0.4, -0.2) is 48.3 Å². The zero-order valence-electron chi connectivity index (χ0n) is 18.6. The van der Waals surface area contributed by atoms with Gasteiger partial charge in [0.05, 0.1) is 11.8 Å². The fourth-order valence-electron chi connectivity index (χ4n) is 4.07. The van der Waals surface area contributed by atoms with Crippen LogP contribution in [-0.2, 0) is 0 Å². The molecule has 1 fully saturated rings. The van der Waals surface area contributed by atoms with Crippen molar-refractivity contribution in [1.29, 1.82) is 0 Å². The molecule has 0 aromatic heterocycles. The highest BCUT2D eigenvalue weighted by atomic mass is 32.2. The quantitative estimate of drug-likeness (QED) is 0.512. The Bertz CT molecular complexity index is 1140. The number of carbonyl (C=O) groups is 1. The van der Waals surface area contributed by atoms with E-state index in [1.54, 1.807) is 47.9 Å². The van der Waals surface area contributed by atoms with E-state index in [-0.39, 0.29) is 17.5 Å². The highest BCUT2D eigenvalue weighted by Crippen LogP contribution is 2.30. The highest BCUT2D eigenvalue weighted by molar-refractivity contribution is 7.98. The summed E-state index contributed by atoms with van der Waals surface area (Å²) in [7, 11) is 0. The number of amides is 1. The molecule has 3 aromatic rings. The minimum atomic E-state index is -0.727. The lowest BCUT2D eigenvalue weighted by atomic mass is 9.98. The standard InChI is InChI=1S/C26H26F2N2O2S/c1-17(31)19-5-10-25(24(28)15-19)29-11-13-30(14-12-29)26(32)23-16-21(33-2)8-9-22(23)18-3-6-20(27)7-4-18/h3-10,15-17,31H,11-14H2,1-2H3. The first-order valence-corrected chi connectivity index (χ1v) is 12.1. The van der Waals surface area contributed by atoms with Gasteiger partial charge in [0.25, 0.3) is 5.91 Å². The first kappa shape index (κ1) is 23.3. The van der Waals surface area contributed by atoms with E-state index in [0.717, 1.165) is 16.0 Å². The van der Waals surface area contributed by atoms with Crippen molar-refractivity contribution >= 4 is 23.4 Å². The summed E-state index contributed by atoms with van der Waals surface area (Å²) in [5.41, 5.74) is 3.13. The van der Waals surface area contributed by atoms with Crippen LogP contribution >= 0.6 is 11.8 Å². The molecule has 1 unspecified atom stereocenters. The second-order valence-electron chi connectivity index (χ2n) is 8.08. The Kier molecular flexibility index (Phi) is 7.00. The molecular weight excluding hydrogens is 442 g/mol. The zero-order chi connectivity index (χ0) is 23.5. The van der Waals surface area contributed by atoms with Crippen LogP contribution in [0.15, 0.2) is 65.6 Å². The lowest BCUT2D eigenvalue weighted by Crippen LogP contribution is -2.49. The van der Waals surface area contributed by atoms with Crippen LogP contribution in [0.1, 0.15) is 28.9 Å². The maximum absolute atomic E-state index is 14.6. The van der Waals surface area contributed by atoms with Crippen molar-refractivity contribution in [2.24, 2.45) is 0 Å². The van der Waals surface area contributed by atoms with Gasteiger partial charge in [0, 0.05) is 36.6 Å². The molecule has 1 aliphatic rings. The number of aliphatic hydroxyl groups is 1. The van der Waals surface area contributed by atoms with Crippen molar-refractivity contribution in [3.63, 3.8) is 0 Å². The lowest BCUT2D eigenvalue weighted by molar-refractivity contribution is 0.0747. The Morgan fingerprint density at radius 2 is 1.67 bits per heavy atom. The Balaban J connectivity index is 1.54. The number of hydrogen-bond acceptors (Lipinski definition) is 4. The summed E-state index contributed by atoms with van der Waals surface area (Å²) in [5.74, 6) is -0.786. The van der Waals surface area contributed by atoms with Gasteiger partial charge >= 0.3 is 0 Å². The first-order valence-electron chi connectivity index (χ1n) is 10.8. The van der Waals surface area contributed by atoms with Crippen molar-refractivity contribution in [3.05, 3.63) is 83.4 Å². The second kappa shape index (κ2) is 9.93. The maximum Gasteiger partial charge on any atom is 0.254 e. The van der Waals surface area contributed by atoms with Crippen molar-refractivity contribution in [2.45, 2.75) is 17.9 Å². The van der Waals surface area contributed by atoms with E-state index in [4.69, 9.17) is 0 Å². The predicted octanol–water partition coefficient (Wildman–Crippen LogP) is 5.37. The minimum Gasteiger partial charge on any atom is -0.389 e. The summed E-state index contributed by atoms with van der Waals surface area (Å²) in [6, 6.07) is 16.7. The number of rotatable bonds is 5. The SMILES string of the molecule is CSc1ccc(-c2ccc(F)cc2)c(C(=O)N2CCN(c3ccc(C(C)O)cc3F)CC2)c1. The number of thioether (sulfide) groups is 1. The molecule has 0 bridgehead atoms. The van der Waals surface area contributed by atoms with E-state index in [1.807, 2.05) is 29.4 Å². The molecule has 4 rings (SSSR count). The number of aliphatic hydroxyl groups excluding tert-OH is 1. The number of carbonyl (C=O) groups excluding carboxylic acids is 1. The van der Waals surface area contributed by atoms with E-state index in [2.05, 4.69) is 0 Å². The van der Waals surface area contributed by atoms with Gasteiger partial charge in [-0.25, -0.2) is 8.78 Å². The molecule has 1 heterocycles. The molecule has 4 nitrogen and oxygen atoms in total. The number of nitrogens with zero attached hydrogens (tertiary/aromatic N) is 2. The van der Waals surface area contributed by atoms with Gasteiger partial charge in [-0.15, -0.1) is 11.8 Å². The van der Waals surface area contributed by atoms with Gasteiger partial charge < -0.3 is 14.9 Å². The van der Waals surface area contributed by atoms with Crippen LogP contribution < -0.4 is 4.90 Å². The van der Waals surface area contributed by atoms with Gasteiger partial charge in [-0.2, -0.15) is 0 Å². The molecule has 0 saturated carbocycles. The normalized spacial score (nSPS) is 14.9. The van der Waals surface area contributed by atoms with E-state index in [0.29, 0.717) is 43.0 Å². The third-order valence-electron chi connectivity index (χ3n) is 5.97. The number of halogens is 2. The molecule has 1 saturated heterocycles. The molecule has 7 heteroatoms. The Morgan fingerprint density at radius 1 is 0.970 bits per heavy atom. The fraction of sp³-hybridized carbons (Fsp3) is 0.269. The van der Waals surface area contributed by atoms with Crippen LogP contribution in [0.4, 0.5) is 14.5 Å². The molecule has 0 radical (unpaired) electrons. The zero-order valence-corrected chi connectivity index (χ0v) is 19.4. The van der Waals surface area contributed by atoms with Crippen molar-refractivity contribution in [2.75, 3.05) is 37.3 Å². The van der Waals surface area contributed by atoms with Gasteiger partial charge in [-0.3, -0.25) is 4.79 Å². The van der Waals surface area contributed by atoms with Crippen LogP contribution in [0.2, 0.25) is 0 Å². The van der Waals surface area contributed by atoms with Gasteiger partial charge in [0.2, 0.25) is 0 Å². The van der Waals surface area contributed by atoms with Crippen LogP contribution in [0, 0.1) is 11.6 Å². The molecular formula is C26H26F2N2O2S. The molecule has 3 aromatic carbocycles. The predicted molar refractivity (Wildman–Crippen MR) is 129 cm³/mol. The summed E-state index contributed by atoms with van der Waals surface area (Å²) >= 11 is 1.56. The van der Waals surface area contributed by atoms with E-state index in [1.165, 1.54) is 18.2 Å². The van der Waals surface area contributed by atoms with Gasteiger partial charge in [-0.05, 0) is 66.3 Å². The summed E-state index contributed by atoms with van der Waals surface area (Å²) in [6.07, 6.45) is 1.23. The number of anilines is 1. The third kappa shape index (κ3) is 5.04. The molecule has 1 N–H and O–H groups in total. The van der Waals surface area contributed by atoms with E-state index >= 15 is 0 Å². The molecule has 1 amide bonds. The molecule has 1 atom stereocenters.